The molecule has 0 atom stereocenters. The molecule has 2 aliphatic rings. The highest BCUT2D eigenvalue weighted by molar-refractivity contribution is 9.10. The van der Waals surface area contributed by atoms with Crippen molar-refractivity contribution in [1.29, 1.82) is 0 Å². The van der Waals surface area contributed by atoms with E-state index in [1.165, 1.54) is 0 Å². The molecule has 0 unspecified atom stereocenters. The summed E-state index contributed by atoms with van der Waals surface area (Å²) in [6, 6.07) is 16.9. The predicted molar refractivity (Wildman–Crippen MR) is 130 cm³/mol. The lowest BCUT2D eigenvalue weighted by Gasteiger charge is -2.20. The van der Waals surface area contributed by atoms with E-state index in [1.54, 1.807) is 6.07 Å². The number of fused-ring (bicyclic) bond motifs is 2. The van der Waals surface area contributed by atoms with Gasteiger partial charge < -0.3 is 20.5 Å². The van der Waals surface area contributed by atoms with E-state index in [0.717, 1.165) is 37.9 Å². The Hall–Kier alpha value is -2.84. The minimum atomic E-state index is -0.0369. The Morgan fingerprint density at radius 1 is 0.750 bits per heavy atom. The number of aromatic hydroxyl groups is 1. The normalized spacial score (nSPS) is 14.2. The first-order valence-electron chi connectivity index (χ1n) is 10.1. The molecule has 0 radical (unpaired) electrons. The first-order chi connectivity index (χ1) is 15.4. The highest BCUT2D eigenvalue weighted by Gasteiger charge is 2.20. The molecule has 0 fully saturated rings. The zero-order valence-corrected chi connectivity index (χ0v) is 20.1. The number of rotatable bonds is 2. The van der Waals surface area contributed by atoms with Gasteiger partial charge in [0.15, 0.2) is 5.75 Å². The maximum atomic E-state index is 11.5. The number of benzene rings is 3. The Bertz CT molecular complexity index is 1180. The van der Waals surface area contributed by atoms with Crippen LogP contribution in [0.5, 0.6) is 17.2 Å². The molecule has 0 aliphatic carbocycles. The molecule has 2 aliphatic heterocycles. The zero-order chi connectivity index (χ0) is 22.7. The van der Waals surface area contributed by atoms with Gasteiger partial charge in [-0.25, -0.2) is 0 Å². The third kappa shape index (κ3) is 5.31. The quantitative estimate of drug-likeness (QED) is 0.328. The van der Waals surface area contributed by atoms with Crippen molar-refractivity contribution < 1.29 is 19.4 Å². The van der Waals surface area contributed by atoms with Crippen molar-refractivity contribution in [1.82, 2.24) is 0 Å². The van der Waals surface area contributed by atoms with Gasteiger partial charge in [-0.3, -0.25) is 9.59 Å². The second kappa shape index (κ2) is 9.75. The zero-order valence-electron chi connectivity index (χ0n) is 17.0. The van der Waals surface area contributed by atoms with Crippen LogP contribution in [0.1, 0.15) is 24.0 Å². The molecule has 32 heavy (non-hydrogen) atoms. The standard InChI is InChI=1S/C15H12BrNO2.C9H8BrNO2/c16-11-8-10-6-7-14(18)17-15(10)13(9-11)19-12-4-2-1-3-5-12;10-6-3-5-1-2-8(13)11-9(5)7(12)4-6/h1-5,8-9H,6-7H2,(H,17,18);3-4,12H,1-2H2,(H,11,13). The summed E-state index contributed by atoms with van der Waals surface area (Å²) in [6.45, 7) is 0. The monoisotopic (exact) mass is 558 g/mol. The number of halogens is 2. The van der Waals surface area contributed by atoms with E-state index >= 15 is 0 Å². The Labute approximate surface area is 202 Å². The fraction of sp³-hybridized carbons (Fsp3) is 0.167. The van der Waals surface area contributed by atoms with Gasteiger partial charge in [0.05, 0.1) is 11.4 Å². The SMILES string of the molecule is O=C1CCc2cc(Br)cc(O)c2N1.O=C1CCc2cc(Br)cc(Oc3ccccc3)c2N1. The Kier molecular flexibility index (Phi) is 6.81. The van der Waals surface area contributed by atoms with Gasteiger partial charge in [0.1, 0.15) is 11.5 Å². The first-order valence-corrected chi connectivity index (χ1v) is 11.6. The summed E-state index contributed by atoms with van der Waals surface area (Å²) in [6.07, 6.45) is 2.44. The van der Waals surface area contributed by atoms with Crippen molar-refractivity contribution in [3.63, 3.8) is 0 Å². The Balaban J connectivity index is 0.000000165. The van der Waals surface area contributed by atoms with Crippen LogP contribution in [0.3, 0.4) is 0 Å². The number of hydrogen-bond acceptors (Lipinski definition) is 4. The van der Waals surface area contributed by atoms with Crippen LogP contribution in [0.2, 0.25) is 0 Å². The molecule has 3 aromatic rings. The largest absolute Gasteiger partial charge is 0.506 e. The second-order valence-electron chi connectivity index (χ2n) is 7.41. The Morgan fingerprint density at radius 3 is 1.97 bits per heavy atom. The van der Waals surface area contributed by atoms with Crippen LogP contribution in [0.15, 0.2) is 63.5 Å². The van der Waals surface area contributed by atoms with E-state index in [4.69, 9.17) is 4.74 Å². The third-order valence-corrected chi connectivity index (χ3v) is 5.97. The van der Waals surface area contributed by atoms with E-state index in [-0.39, 0.29) is 17.6 Å². The molecule has 164 valence electrons. The van der Waals surface area contributed by atoms with E-state index in [9.17, 15) is 14.7 Å². The number of aryl methyl sites for hydroxylation is 2. The van der Waals surface area contributed by atoms with Crippen LogP contribution in [-0.4, -0.2) is 16.9 Å². The molecule has 2 heterocycles. The van der Waals surface area contributed by atoms with Crippen molar-refractivity contribution in [2.24, 2.45) is 0 Å². The van der Waals surface area contributed by atoms with Crippen LogP contribution in [0.4, 0.5) is 11.4 Å². The predicted octanol–water partition coefficient (Wildman–Crippen LogP) is 6.17. The van der Waals surface area contributed by atoms with Crippen LogP contribution in [-0.2, 0) is 22.4 Å². The van der Waals surface area contributed by atoms with Gasteiger partial charge in [0.25, 0.3) is 0 Å². The van der Waals surface area contributed by atoms with E-state index in [0.29, 0.717) is 30.7 Å². The maximum absolute atomic E-state index is 11.5. The fourth-order valence-electron chi connectivity index (χ4n) is 3.56. The Morgan fingerprint density at radius 2 is 1.31 bits per heavy atom. The number of amides is 2. The van der Waals surface area contributed by atoms with Crippen molar-refractivity contribution in [3.8, 4) is 17.2 Å². The fourth-order valence-corrected chi connectivity index (χ4v) is 4.54. The molecule has 0 saturated carbocycles. The highest BCUT2D eigenvalue weighted by atomic mass is 79.9. The van der Waals surface area contributed by atoms with Crippen molar-refractivity contribution >= 4 is 55.0 Å². The van der Waals surface area contributed by atoms with E-state index in [2.05, 4.69) is 42.5 Å². The van der Waals surface area contributed by atoms with Crippen LogP contribution in [0, 0.1) is 0 Å². The second-order valence-corrected chi connectivity index (χ2v) is 9.24. The lowest BCUT2D eigenvalue weighted by Crippen LogP contribution is -2.19. The summed E-state index contributed by atoms with van der Waals surface area (Å²) < 4.78 is 7.65. The van der Waals surface area contributed by atoms with Gasteiger partial charge in [-0.15, -0.1) is 0 Å². The average Bonchev–Trinajstić information content (AvgIpc) is 2.76. The number of phenolic OH excluding ortho intramolecular Hbond substituents is 1. The van der Waals surface area contributed by atoms with E-state index < -0.39 is 0 Å². The van der Waals surface area contributed by atoms with Gasteiger partial charge in [0.2, 0.25) is 11.8 Å². The lowest BCUT2D eigenvalue weighted by atomic mass is 10.0. The number of phenols is 1. The van der Waals surface area contributed by atoms with Gasteiger partial charge in [-0.1, -0.05) is 50.1 Å². The van der Waals surface area contributed by atoms with Crippen molar-refractivity contribution in [2.45, 2.75) is 25.7 Å². The average molecular weight is 560 g/mol. The summed E-state index contributed by atoms with van der Waals surface area (Å²) >= 11 is 6.76. The molecular weight excluding hydrogens is 540 g/mol. The minimum absolute atomic E-state index is 0.0349. The molecule has 3 N–H and O–H groups in total. The number of nitrogens with one attached hydrogen (secondary N) is 2. The summed E-state index contributed by atoms with van der Waals surface area (Å²) in [5, 5.41) is 15.0. The summed E-state index contributed by atoms with van der Waals surface area (Å²) in [5.74, 6) is 1.54. The first kappa shape index (κ1) is 22.4. The smallest absolute Gasteiger partial charge is 0.224 e. The molecule has 0 aromatic heterocycles. The third-order valence-electron chi connectivity index (χ3n) is 5.06. The number of anilines is 2. The molecular formula is C24H20Br2N2O4. The molecule has 0 bridgehead atoms. The van der Waals surface area contributed by atoms with Crippen LogP contribution < -0.4 is 15.4 Å². The number of carbonyl (C=O) groups excluding carboxylic acids is 2. The summed E-state index contributed by atoms with van der Waals surface area (Å²) in [5.41, 5.74) is 3.41. The molecule has 2 amide bonds. The summed E-state index contributed by atoms with van der Waals surface area (Å²) in [4.78, 5) is 22.6. The number of carbonyl (C=O) groups is 2. The summed E-state index contributed by atoms with van der Waals surface area (Å²) in [7, 11) is 0. The molecule has 3 aromatic carbocycles. The van der Waals surface area contributed by atoms with E-state index in [1.807, 2.05) is 48.5 Å². The minimum Gasteiger partial charge on any atom is -0.506 e. The molecule has 0 spiro atoms. The molecule has 5 rings (SSSR count). The van der Waals surface area contributed by atoms with Gasteiger partial charge >= 0.3 is 0 Å². The topological polar surface area (TPSA) is 87.7 Å². The van der Waals surface area contributed by atoms with Gasteiger partial charge in [-0.05, 0) is 60.4 Å². The van der Waals surface area contributed by atoms with Crippen LogP contribution >= 0.6 is 31.9 Å². The molecule has 8 heteroatoms. The van der Waals surface area contributed by atoms with Gasteiger partial charge in [-0.2, -0.15) is 0 Å². The van der Waals surface area contributed by atoms with Crippen LogP contribution in [0.25, 0.3) is 0 Å². The number of para-hydroxylation sites is 1. The molecule has 6 nitrogen and oxygen atoms in total. The number of ether oxygens (including phenoxy) is 1. The number of hydrogen-bond donors (Lipinski definition) is 3. The van der Waals surface area contributed by atoms with Crippen molar-refractivity contribution in [2.75, 3.05) is 10.6 Å². The lowest BCUT2D eigenvalue weighted by molar-refractivity contribution is -0.117. The highest BCUT2D eigenvalue weighted by Crippen LogP contribution is 2.38. The van der Waals surface area contributed by atoms with Crippen molar-refractivity contribution in [3.05, 3.63) is 74.7 Å². The van der Waals surface area contributed by atoms with Gasteiger partial charge in [0, 0.05) is 21.8 Å². The molecule has 0 saturated heterocycles. The maximum Gasteiger partial charge on any atom is 0.224 e.